The molecule has 0 atom stereocenters. The second-order valence-corrected chi connectivity index (χ2v) is 3.88. The van der Waals surface area contributed by atoms with Gasteiger partial charge in [0.25, 0.3) is 0 Å². The van der Waals surface area contributed by atoms with Crippen molar-refractivity contribution in [2.24, 2.45) is 5.92 Å². The Labute approximate surface area is 95.3 Å². The fraction of sp³-hybridized carbons (Fsp3) is 0.500. The van der Waals surface area contributed by atoms with E-state index in [9.17, 15) is 4.79 Å². The summed E-state index contributed by atoms with van der Waals surface area (Å²) in [6.07, 6.45) is 1.62. The van der Waals surface area contributed by atoms with Gasteiger partial charge in [-0.05, 0) is 6.07 Å². The molecule has 1 N–H and O–H groups in total. The van der Waals surface area contributed by atoms with Gasteiger partial charge >= 0.3 is 0 Å². The van der Waals surface area contributed by atoms with Gasteiger partial charge in [-0.2, -0.15) is 0 Å². The van der Waals surface area contributed by atoms with Crippen molar-refractivity contribution in [1.29, 1.82) is 0 Å². The molecule has 16 heavy (non-hydrogen) atoms. The molecule has 1 aromatic heterocycles. The first-order valence-corrected chi connectivity index (χ1v) is 5.29. The second kappa shape index (κ2) is 6.35. The third kappa shape index (κ3) is 3.72. The molecular weight excluding hydrogens is 206 g/mol. The molecule has 88 valence electrons. The largest absolute Gasteiger partial charge is 0.390 e. The summed E-state index contributed by atoms with van der Waals surface area (Å²) < 4.78 is 5.28. The molecular formula is C12H17NO3. The number of Topliss-reactive ketones (excluding diaryl/α,β-unsaturated/α-hetero) is 1. The van der Waals surface area contributed by atoms with Crippen LogP contribution >= 0.6 is 0 Å². The molecule has 0 amide bonds. The molecule has 1 rings (SSSR count). The minimum Gasteiger partial charge on any atom is -0.390 e. The zero-order chi connectivity index (χ0) is 12.0. The Morgan fingerprint density at radius 2 is 2.31 bits per heavy atom. The van der Waals surface area contributed by atoms with E-state index in [0.717, 1.165) is 5.56 Å². The summed E-state index contributed by atoms with van der Waals surface area (Å²) in [5, 5.41) is 9.03. The number of hydrogen-bond donors (Lipinski definition) is 1. The van der Waals surface area contributed by atoms with Crippen molar-refractivity contribution in [3.8, 4) is 0 Å². The topological polar surface area (TPSA) is 59.4 Å². The summed E-state index contributed by atoms with van der Waals surface area (Å²) in [6, 6.07) is 3.61. The fourth-order valence-electron chi connectivity index (χ4n) is 1.17. The van der Waals surface area contributed by atoms with Crippen LogP contribution in [0.1, 0.15) is 25.1 Å². The van der Waals surface area contributed by atoms with E-state index in [2.05, 4.69) is 4.98 Å². The van der Waals surface area contributed by atoms with Crippen LogP contribution in [-0.4, -0.2) is 22.5 Å². The van der Waals surface area contributed by atoms with Crippen LogP contribution in [0, 0.1) is 5.92 Å². The number of ketones is 1. The predicted octanol–water partition coefficient (Wildman–Crippen LogP) is 1.32. The highest BCUT2D eigenvalue weighted by molar-refractivity contribution is 5.81. The van der Waals surface area contributed by atoms with Crippen molar-refractivity contribution >= 4 is 5.78 Å². The zero-order valence-electron chi connectivity index (χ0n) is 9.64. The molecule has 0 radical (unpaired) electrons. The van der Waals surface area contributed by atoms with Gasteiger partial charge in [-0.25, -0.2) is 0 Å². The summed E-state index contributed by atoms with van der Waals surface area (Å²) in [5.74, 6) is 0.0700. The van der Waals surface area contributed by atoms with Gasteiger partial charge in [-0.1, -0.05) is 19.9 Å². The molecule has 0 saturated carbocycles. The van der Waals surface area contributed by atoms with Crippen LogP contribution in [0.25, 0.3) is 0 Å². The molecule has 1 heterocycles. The number of carbonyl (C=O) groups excluding carboxylic acids is 1. The van der Waals surface area contributed by atoms with Crippen LogP contribution < -0.4 is 0 Å². The molecule has 0 aliphatic rings. The quantitative estimate of drug-likeness (QED) is 0.790. The Hall–Kier alpha value is -1.26. The molecule has 4 nitrogen and oxygen atoms in total. The van der Waals surface area contributed by atoms with E-state index in [1.54, 1.807) is 12.3 Å². The number of aliphatic hydroxyl groups is 1. The molecule has 4 heteroatoms. The summed E-state index contributed by atoms with van der Waals surface area (Å²) in [5.41, 5.74) is 1.42. The van der Waals surface area contributed by atoms with Gasteiger partial charge in [0.1, 0.15) is 6.61 Å². The molecule has 0 unspecified atom stereocenters. The Morgan fingerprint density at radius 1 is 1.56 bits per heavy atom. The van der Waals surface area contributed by atoms with Crippen molar-refractivity contribution in [3.05, 3.63) is 29.6 Å². The highest BCUT2D eigenvalue weighted by atomic mass is 16.5. The number of hydrogen-bond acceptors (Lipinski definition) is 4. The van der Waals surface area contributed by atoms with Gasteiger partial charge in [0.05, 0.1) is 18.9 Å². The van der Waals surface area contributed by atoms with Crippen molar-refractivity contribution in [2.75, 3.05) is 6.61 Å². The second-order valence-electron chi connectivity index (χ2n) is 3.88. The average molecular weight is 223 g/mol. The fourth-order valence-corrected chi connectivity index (χ4v) is 1.17. The first kappa shape index (κ1) is 12.8. The van der Waals surface area contributed by atoms with Crippen LogP contribution in [-0.2, 0) is 22.7 Å². The smallest absolute Gasteiger partial charge is 0.160 e. The van der Waals surface area contributed by atoms with Crippen LogP contribution in [0.5, 0.6) is 0 Å². The van der Waals surface area contributed by atoms with Crippen LogP contribution in [0.3, 0.4) is 0 Å². The highest BCUT2D eigenvalue weighted by Gasteiger charge is 2.08. The Kier molecular flexibility index (Phi) is 5.08. The molecule has 0 aliphatic carbocycles. The lowest BCUT2D eigenvalue weighted by Crippen LogP contribution is -2.15. The van der Waals surface area contributed by atoms with Gasteiger partial charge in [-0.15, -0.1) is 0 Å². The minimum absolute atomic E-state index is 0.00814. The van der Waals surface area contributed by atoms with Crippen molar-refractivity contribution in [3.63, 3.8) is 0 Å². The maximum absolute atomic E-state index is 11.3. The molecule has 0 bridgehead atoms. The van der Waals surface area contributed by atoms with Crippen LogP contribution in [0.2, 0.25) is 0 Å². The van der Waals surface area contributed by atoms with E-state index in [-0.39, 0.29) is 24.9 Å². The van der Waals surface area contributed by atoms with Crippen molar-refractivity contribution in [1.82, 2.24) is 4.98 Å². The van der Waals surface area contributed by atoms with Crippen molar-refractivity contribution in [2.45, 2.75) is 27.1 Å². The number of rotatable bonds is 6. The van der Waals surface area contributed by atoms with E-state index < -0.39 is 0 Å². The molecule has 0 spiro atoms. The van der Waals surface area contributed by atoms with E-state index in [0.29, 0.717) is 12.3 Å². The average Bonchev–Trinajstić information content (AvgIpc) is 2.29. The number of nitrogens with zero attached hydrogens (tertiary/aromatic N) is 1. The lowest BCUT2D eigenvalue weighted by atomic mass is 10.1. The number of pyridine rings is 1. The Balaban J connectivity index is 2.45. The monoisotopic (exact) mass is 223 g/mol. The summed E-state index contributed by atoms with van der Waals surface area (Å²) in [7, 11) is 0. The third-order valence-corrected chi connectivity index (χ3v) is 2.28. The molecule has 1 aromatic rings. The first-order valence-electron chi connectivity index (χ1n) is 5.29. The van der Waals surface area contributed by atoms with Crippen LogP contribution in [0.15, 0.2) is 18.3 Å². The van der Waals surface area contributed by atoms with Crippen LogP contribution in [0.4, 0.5) is 0 Å². The highest BCUT2D eigenvalue weighted by Crippen LogP contribution is 2.07. The molecule has 0 fully saturated rings. The van der Waals surface area contributed by atoms with Gasteiger partial charge in [0.15, 0.2) is 5.78 Å². The summed E-state index contributed by atoms with van der Waals surface area (Å²) >= 11 is 0. The van der Waals surface area contributed by atoms with E-state index >= 15 is 0 Å². The minimum atomic E-state index is -0.113. The normalized spacial score (nSPS) is 10.8. The van der Waals surface area contributed by atoms with Gasteiger partial charge in [0, 0.05) is 17.7 Å². The number of carbonyl (C=O) groups is 1. The molecule has 0 aromatic carbocycles. The number of ether oxygens (including phenoxy) is 1. The van der Waals surface area contributed by atoms with E-state index in [1.165, 1.54) is 0 Å². The Bertz CT molecular complexity index is 350. The number of aliphatic hydroxyl groups excluding tert-OH is 1. The molecule has 0 aliphatic heterocycles. The van der Waals surface area contributed by atoms with Gasteiger partial charge < -0.3 is 9.84 Å². The SMILES string of the molecule is CC(C)C(=O)COCc1cccnc1CO. The maximum atomic E-state index is 11.3. The maximum Gasteiger partial charge on any atom is 0.160 e. The predicted molar refractivity (Wildman–Crippen MR) is 59.7 cm³/mol. The summed E-state index contributed by atoms with van der Waals surface area (Å²) in [4.78, 5) is 15.3. The standard InChI is InChI=1S/C12H17NO3/c1-9(2)12(15)8-16-7-10-4-3-5-13-11(10)6-14/h3-5,9,14H,6-8H2,1-2H3. The van der Waals surface area contributed by atoms with Crippen molar-refractivity contribution < 1.29 is 14.6 Å². The van der Waals surface area contributed by atoms with Gasteiger partial charge in [-0.3, -0.25) is 9.78 Å². The lowest BCUT2D eigenvalue weighted by Gasteiger charge is -2.08. The lowest BCUT2D eigenvalue weighted by molar-refractivity contribution is -0.126. The zero-order valence-corrected chi connectivity index (χ0v) is 9.64. The van der Waals surface area contributed by atoms with E-state index in [4.69, 9.17) is 9.84 Å². The molecule has 0 saturated heterocycles. The third-order valence-electron chi connectivity index (χ3n) is 2.28. The summed E-state index contributed by atoms with van der Waals surface area (Å²) in [6.45, 7) is 3.99. The number of aromatic nitrogens is 1. The van der Waals surface area contributed by atoms with Gasteiger partial charge in [0.2, 0.25) is 0 Å². The first-order chi connectivity index (χ1) is 7.65. The Morgan fingerprint density at radius 3 is 2.94 bits per heavy atom. The van der Waals surface area contributed by atoms with E-state index in [1.807, 2.05) is 19.9 Å².